The molecule has 1 fully saturated rings. The number of carbonyl (C=O) groups is 1. The predicted molar refractivity (Wildman–Crippen MR) is 57.2 cm³/mol. The highest BCUT2D eigenvalue weighted by molar-refractivity contribution is 7.47. The normalized spacial score (nSPS) is 16.0. The molecular formula is C10H13N2O4P-2. The molecule has 17 heavy (non-hydrogen) atoms. The molecular weight excluding hydrogens is 243 g/mol. The van der Waals surface area contributed by atoms with Crippen molar-refractivity contribution in [3.63, 3.8) is 0 Å². The zero-order valence-electron chi connectivity index (χ0n) is 9.60. The van der Waals surface area contributed by atoms with Crippen molar-refractivity contribution in [2.45, 2.75) is 32.7 Å². The Balaban J connectivity index is 2.30. The summed E-state index contributed by atoms with van der Waals surface area (Å²) in [5.41, 5.74) is 1.86. The summed E-state index contributed by atoms with van der Waals surface area (Å²) >= 11 is 0. The van der Waals surface area contributed by atoms with Crippen molar-refractivity contribution in [2.24, 2.45) is 0 Å². The third-order valence-corrected chi connectivity index (χ3v) is 3.36. The molecule has 1 aromatic rings. The lowest BCUT2D eigenvalue weighted by molar-refractivity contribution is -0.316. The van der Waals surface area contributed by atoms with Crippen LogP contribution in [0.15, 0.2) is 6.07 Å². The highest BCUT2D eigenvalue weighted by Crippen LogP contribution is 2.38. The number of aryl methyl sites for hydroxylation is 1. The summed E-state index contributed by atoms with van der Waals surface area (Å²) < 4.78 is 12.5. The number of nitrogens with zero attached hydrogens (tertiary/aromatic N) is 1. The first-order valence-electron chi connectivity index (χ1n) is 5.32. The standard InChI is InChI=1S/C10H15N2O4P/c1-6-5-9(10(13)11-17(14,15)16)7(2)12(6)8-3-4-8/h5,8H,3-4H2,1-2H3,(H3,11,13,14,15,16)/p-2. The first-order chi connectivity index (χ1) is 7.79. The highest BCUT2D eigenvalue weighted by atomic mass is 31.2. The van der Waals surface area contributed by atoms with Gasteiger partial charge < -0.3 is 24.0 Å². The minimum atomic E-state index is -5.03. The SMILES string of the molecule is Cc1cc(C(=O)NP(=O)([O-])[O-])c(C)n1C1CC1. The maximum absolute atomic E-state index is 11.6. The van der Waals surface area contributed by atoms with Gasteiger partial charge >= 0.3 is 0 Å². The molecule has 94 valence electrons. The molecule has 0 atom stereocenters. The van der Waals surface area contributed by atoms with Crippen LogP contribution in [0.1, 0.15) is 40.6 Å². The number of nitrogens with one attached hydrogen (secondary N) is 1. The van der Waals surface area contributed by atoms with Crippen LogP contribution in [0.2, 0.25) is 0 Å². The Hall–Kier alpha value is -1.10. The van der Waals surface area contributed by atoms with Gasteiger partial charge in [0.2, 0.25) is 0 Å². The van der Waals surface area contributed by atoms with Gasteiger partial charge in [-0.15, -0.1) is 0 Å². The first-order valence-corrected chi connectivity index (χ1v) is 6.87. The van der Waals surface area contributed by atoms with Gasteiger partial charge in [0, 0.05) is 25.2 Å². The van der Waals surface area contributed by atoms with E-state index in [1.807, 2.05) is 11.5 Å². The van der Waals surface area contributed by atoms with Crippen LogP contribution in [0, 0.1) is 13.8 Å². The summed E-state index contributed by atoms with van der Waals surface area (Å²) in [4.78, 5) is 32.6. The van der Waals surface area contributed by atoms with E-state index in [0.717, 1.165) is 18.5 Å². The molecule has 6 nitrogen and oxygen atoms in total. The number of aromatic nitrogens is 1. The zero-order valence-corrected chi connectivity index (χ0v) is 10.5. The maximum Gasteiger partial charge on any atom is 0.256 e. The molecule has 0 unspecified atom stereocenters. The van der Waals surface area contributed by atoms with Crippen molar-refractivity contribution in [3.05, 3.63) is 23.0 Å². The van der Waals surface area contributed by atoms with E-state index in [-0.39, 0.29) is 5.56 Å². The molecule has 1 aliphatic rings. The van der Waals surface area contributed by atoms with Crippen LogP contribution in [-0.4, -0.2) is 10.5 Å². The average molecular weight is 256 g/mol. The second-order valence-corrected chi connectivity index (χ2v) is 5.54. The van der Waals surface area contributed by atoms with Gasteiger partial charge in [0.05, 0.1) is 5.56 Å². The topological polar surface area (TPSA) is 97.2 Å². The van der Waals surface area contributed by atoms with E-state index in [1.165, 1.54) is 5.09 Å². The van der Waals surface area contributed by atoms with E-state index in [2.05, 4.69) is 0 Å². The van der Waals surface area contributed by atoms with Crippen LogP contribution in [0.4, 0.5) is 0 Å². The monoisotopic (exact) mass is 256 g/mol. The van der Waals surface area contributed by atoms with Crippen LogP contribution in [0.5, 0.6) is 0 Å². The lowest BCUT2D eigenvalue weighted by Gasteiger charge is -2.29. The van der Waals surface area contributed by atoms with Crippen molar-refractivity contribution in [3.8, 4) is 0 Å². The van der Waals surface area contributed by atoms with Gasteiger partial charge in [-0.05, 0) is 32.8 Å². The van der Waals surface area contributed by atoms with Gasteiger partial charge in [-0.25, -0.2) is 0 Å². The van der Waals surface area contributed by atoms with E-state index in [4.69, 9.17) is 0 Å². The van der Waals surface area contributed by atoms with Gasteiger partial charge in [0.25, 0.3) is 5.91 Å². The lowest BCUT2D eigenvalue weighted by Crippen LogP contribution is -2.32. The second-order valence-electron chi connectivity index (χ2n) is 4.32. The van der Waals surface area contributed by atoms with Crippen molar-refractivity contribution in [1.29, 1.82) is 0 Å². The number of carbonyl (C=O) groups excluding carboxylic acids is 1. The number of hydrogen-bond acceptors (Lipinski definition) is 4. The highest BCUT2D eigenvalue weighted by Gasteiger charge is 2.28. The Labute approximate surface area is 98.9 Å². The van der Waals surface area contributed by atoms with Gasteiger partial charge in [0.15, 0.2) is 0 Å². The van der Waals surface area contributed by atoms with Crippen LogP contribution < -0.4 is 14.9 Å². The number of rotatable bonds is 3. The summed E-state index contributed by atoms with van der Waals surface area (Å²) in [5, 5.41) is 1.47. The van der Waals surface area contributed by atoms with Crippen molar-refractivity contribution < 1.29 is 19.1 Å². The van der Waals surface area contributed by atoms with E-state index in [9.17, 15) is 19.1 Å². The molecule has 1 heterocycles. The van der Waals surface area contributed by atoms with Crippen LogP contribution >= 0.6 is 7.75 Å². The number of hydrogen-bond donors (Lipinski definition) is 1. The predicted octanol–water partition coefficient (Wildman–Crippen LogP) is -0.00166. The fourth-order valence-corrected chi connectivity index (χ4v) is 2.46. The lowest BCUT2D eigenvalue weighted by atomic mass is 10.2. The summed E-state index contributed by atoms with van der Waals surface area (Å²) in [6.07, 6.45) is 2.14. The molecule has 0 radical (unpaired) electrons. The quantitative estimate of drug-likeness (QED) is 0.769. The third kappa shape index (κ3) is 2.60. The second kappa shape index (κ2) is 3.98. The summed E-state index contributed by atoms with van der Waals surface area (Å²) in [7, 11) is -5.03. The van der Waals surface area contributed by atoms with Crippen LogP contribution in [-0.2, 0) is 4.57 Å². The van der Waals surface area contributed by atoms with Crippen LogP contribution in [0.3, 0.4) is 0 Å². The van der Waals surface area contributed by atoms with Gasteiger partial charge in [0.1, 0.15) is 0 Å². The molecule has 1 N–H and O–H groups in total. The Morgan fingerprint density at radius 3 is 2.53 bits per heavy atom. The zero-order chi connectivity index (χ0) is 12.8. The molecule has 7 heteroatoms. The maximum atomic E-state index is 11.6. The van der Waals surface area contributed by atoms with Crippen molar-refractivity contribution >= 4 is 13.7 Å². The fraction of sp³-hybridized carbons (Fsp3) is 0.500. The third-order valence-electron chi connectivity index (χ3n) is 2.88. The summed E-state index contributed by atoms with van der Waals surface area (Å²) in [6.45, 7) is 3.61. The minimum Gasteiger partial charge on any atom is -0.795 e. The minimum absolute atomic E-state index is 0.251. The van der Waals surface area contributed by atoms with Gasteiger partial charge in [-0.2, -0.15) is 0 Å². The molecule has 2 rings (SSSR count). The first kappa shape index (κ1) is 12.4. The summed E-state index contributed by atoms with van der Waals surface area (Å²) in [6, 6.07) is 2.02. The Bertz CT molecular complexity index is 513. The molecule has 0 aromatic carbocycles. The number of amides is 1. The Kier molecular flexibility index (Phi) is 2.89. The van der Waals surface area contributed by atoms with Gasteiger partial charge in [-0.3, -0.25) is 4.79 Å². The molecule has 1 aliphatic carbocycles. The van der Waals surface area contributed by atoms with E-state index in [0.29, 0.717) is 11.7 Å². The van der Waals surface area contributed by atoms with Crippen molar-refractivity contribution in [1.82, 2.24) is 9.65 Å². The molecule has 1 amide bonds. The average Bonchev–Trinajstić information content (AvgIpc) is 2.91. The van der Waals surface area contributed by atoms with E-state index in [1.54, 1.807) is 13.0 Å². The molecule has 1 aromatic heterocycles. The molecule has 0 saturated heterocycles. The summed E-state index contributed by atoms with van der Waals surface area (Å²) in [5.74, 6) is -0.849. The largest absolute Gasteiger partial charge is 0.795 e. The fourth-order valence-electron chi connectivity index (χ4n) is 2.09. The van der Waals surface area contributed by atoms with E-state index < -0.39 is 13.7 Å². The Morgan fingerprint density at radius 1 is 1.47 bits per heavy atom. The van der Waals surface area contributed by atoms with E-state index >= 15 is 0 Å². The molecule has 0 aliphatic heterocycles. The van der Waals surface area contributed by atoms with Crippen molar-refractivity contribution in [2.75, 3.05) is 0 Å². The van der Waals surface area contributed by atoms with Crippen LogP contribution in [0.25, 0.3) is 0 Å². The van der Waals surface area contributed by atoms with Gasteiger partial charge in [-0.1, -0.05) is 0 Å². The molecule has 0 bridgehead atoms. The molecule has 0 spiro atoms. The Morgan fingerprint density at radius 2 is 2.06 bits per heavy atom. The smallest absolute Gasteiger partial charge is 0.256 e. The molecule has 1 saturated carbocycles.